The fourth-order valence-electron chi connectivity index (χ4n) is 1.69. The van der Waals surface area contributed by atoms with Crippen LogP contribution in [0.4, 0.5) is 11.4 Å². The molecule has 3 N–H and O–H groups in total. The molecule has 4 nitrogen and oxygen atoms in total. The standard InChI is InChI=1S/C15H15BrN2O2S/c1-20-12-4-2-3-11(8-12)18-15(19)9-21-14-6-5-10(16)7-13(14)17/h2-8H,9,17H2,1H3,(H,18,19). The van der Waals surface area contributed by atoms with Crippen molar-refractivity contribution < 1.29 is 9.53 Å². The Bertz CT molecular complexity index is 649. The molecule has 0 aliphatic rings. The summed E-state index contributed by atoms with van der Waals surface area (Å²) in [6, 6.07) is 12.9. The lowest BCUT2D eigenvalue weighted by Gasteiger charge is -2.08. The van der Waals surface area contributed by atoms with Crippen molar-refractivity contribution in [2.75, 3.05) is 23.9 Å². The third-order valence-corrected chi connectivity index (χ3v) is 4.27. The van der Waals surface area contributed by atoms with Crippen LogP contribution in [0, 0.1) is 0 Å². The molecule has 1 amide bonds. The number of halogens is 1. The van der Waals surface area contributed by atoms with E-state index in [4.69, 9.17) is 10.5 Å². The molecule has 110 valence electrons. The lowest BCUT2D eigenvalue weighted by Crippen LogP contribution is -2.14. The highest BCUT2D eigenvalue weighted by Crippen LogP contribution is 2.28. The Hall–Kier alpha value is -1.66. The second kappa shape index (κ2) is 7.38. The second-order valence-corrected chi connectivity index (χ2v) is 6.18. The highest BCUT2D eigenvalue weighted by molar-refractivity contribution is 9.10. The van der Waals surface area contributed by atoms with Gasteiger partial charge < -0.3 is 15.8 Å². The molecule has 2 aromatic carbocycles. The Labute approximate surface area is 136 Å². The van der Waals surface area contributed by atoms with Gasteiger partial charge in [-0.25, -0.2) is 0 Å². The molecular weight excluding hydrogens is 352 g/mol. The number of nitrogen functional groups attached to an aromatic ring is 1. The van der Waals surface area contributed by atoms with E-state index in [1.165, 1.54) is 11.8 Å². The fourth-order valence-corrected chi connectivity index (χ4v) is 2.82. The van der Waals surface area contributed by atoms with Crippen LogP contribution in [0.3, 0.4) is 0 Å². The minimum atomic E-state index is -0.0874. The molecule has 0 radical (unpaired) electrons. The molecule has 0 heterocycles. The van der Waals surface area contributed by atoms with Gasteiger partial charge in [-0.15, -0.1) is 11.8 Å². The summed E-state index contributed by atoms with van der Waals surface area (Å²) in [5.41, 5.74) is 7.27. The lowest BCUT2D eigenvalue weighted by molar-refractivity contribution is -0.113. The number of hydrogen-bond donors (Lipinski definition) is 2. The van der Waals surface area contributed by atoms with Crippen molar-refractivity contribution in [3.63, 3.8) is 0 Å². The van der Waals surface area contributed by atoms with Crippen molar-refractivity contribution >= 4 is 45.0 Å². The van der Waals surface area contributed by atoms with Crippen LogP contribution in [0.15, 0.2) is 51.8 Å². The molecule has 2 aromatic rings. The largest absolute Gasteiger partial charge is 0.497 e. The zero-order valence-corrected chi connectivity index (χ0v) is 13.8. The number of anilines is 2. The van der Waals surface area contributed by atoms with Crippen LogP contribution in [-0.2, 0) is 4.79 Å². The van der Waals surface area contributed by atoms with E-state index in [0.717, 1.165) is 9.37 Å². The normalized spacial score (nSPS) is 10.2. The van der Waals surface area contributed by atoms with Crippen LogP contribution < -0.4 is 15.8 Å². The van der Waals surface area contributed by atoms with Crippen molar-refractivity contribution in [1.82, 2.24) is 0 Å². The van der Waals surface area contributed by atoms with Gasteiger partial charge in [0.2, 0.25) is 5.91 Å². The first kappa shape index (κ1) is 15.7. The van der Waals surface area contributed by atoms with Crippen LogP contribution >= 0.6 is 27.7 Å². The van der Waals surface area contributed by atoms with Gasteiger partial charge >= 0.3 is 0 Å². The number of ether oxygens (including phenoxy) is 1. The molecule has 0 unspecified atom stereocenters. The molecule has 6 heteroatoms. The van der Waals surface area contributed by atoms with Crippen LogP contribution in [0.5, 0.6) is 5.75 Å². The number of carbonyl (C=O) groups excluding carboxylic acids is 1. The van der Waals surface area contributed by atoms with Crippen LogP contribution in [0.2, 0.25) is 0 Å². The Morgan fingerprint density at radius 2 is 2.14 bits per heavy atom. The number of rotatable bonds is 5. The maximum Gasteiger partial charge on any atom is 0.234 e. The van der Waals surface area contributed by atoms with Gasteiger partial charge in [0.1, 0.15) is 5.75 Å². The summed E-state index contributed by atoms with van der Waals surface area (Å²) in [5, 5.41) is 2.83. The van der Waals surface area contributed by atoms with Gasteiger partial charge in [0.05, 0.1) is 12.9 Å². The SMILES string of the molecule is COc1cccc(NC(=O)CSc2ccc(Br)cc2N)c1. The van der Waals surface area contributed by atoms with E-state index in [0.29, 0.717) is 22.9 Å². The van der Waals surface area contributed by atoms with Crippen LogP contribution in [0.25, 0.3) is 0 Å². The van der Waals surface area contributed by atoms with Crippen LogP contribution in [-0.4, -0.2) is 18.8 Å². The Morgan fingerprint density at radius 1 is 1.33 bits per heavy atom. The molecule has 0 atom stereocenters. The van der Waals surface area contributed by atoms with Gasteiger partial charge in [0.25, 0.3) is 0 Å². The van der Waals surface area contributed by atoms with Gasteiger partial charge in [0.15, 0.2) is 0 Å². The van der Waals surface area contributed by atoms with E-state index in [2.05, 4.69) is 21.2 Å². The fraction of sp³-hybridized carbons (Fsp3) is 0.133. The van der Waals surface area contributed by atoms with Crippen molar-refractivity contribution in [2.45, 2.75) is 4.90 Å². The predicted octanol–water partition coefficient (Wildman–Crippen LogP) is 3.77. The van der Waals surface area contributed by atoms with Gasteiger partial charge in [-0.05, 0) is 30.3 Å². The molecule has 0 fully saturated rings. The average molecular weight is 367 g/mol. The number of benzene rings is 2. The number of nitrogens with one attached hydrogen (secondary N) is 1. The quantitative estimate of drug-likeness (QED) is 0.624. The second-order valence-electron chi connectivity index (χ2n) is 4.25. The summed E-state index contributed by atoms with van der Waals surface area (Å²) in [6.07, 6.45) is 0. The van der Waals surface area contributed by atoms with E-state index in [9.17, 15) is 4.79 Å². The smallest absolute Gasteiger partial charge is 0.234 e. The minimum Gasteiger partial charge on any atom is -0.497 e. The summed E-state index contributed by atoms with van der Waals surface area (Å²) in [7, 11) is 1.59. The van der Waals surface area contributed by atoms with E-state index in [1.54, 1.807) is 13.2 Å². The monoisotopic (exact) mass is 366 g/mol. The highest BCUT2D eigenvalue weighted by atomic mass is 79.9. The first-order chi connectivity index (χ1) is 10.1. The first-order valence-electron chi connectivity index (χ1n) is 6.20. The maximum atomic E-state index is 11.9. The topological polar surface area (TPSA) is 64.3 Å². The molecule has 2 rings (SSSR count). The lowest BCUT2D eigenvalue weighted by atomic mass is 10.3. The predicted molar refractivity (Wildman–Crippen MR) is 90.9 cm³/mol. The van der Waals surface area contributed by atoms with E-state index < -0.39 is 0 Å². The van der Waals surface area contributed by atoms with Gasteiger partial charge in [-0.3, -0.25) is 4.79 Å². The number of thioether (sulfide) groups is 1. The molecule has 0 saturated carbocycles. The Balaban J connectivity index is 1.92. The van der Waals surface area contributed by atoms with Gasteiger partial charge in [0, 0.05) is 26.8 Å². The summed E-state index contributed by atoms with van der Waals surface area (Å²) in [6.45, 7) is 0. The summed E-state index contributed by atoms with van der Waals surface area (Å²) in [5.74, 6) is 0.913. The molecule has 0 aliphatic heterocycles. The third kappa shape index (κ3) is 4.68. The third-order valence-electron chi connectivity index (χ3n) is 2.68. The number of methoxy groups -OCH3 is 1. The molecule has 0 spiro atoms. The number of carbonyl (C=O) groups is 1. The summed E-state index contributed by atoms with van der Waals surface area (Å²) >= 11 is 4.76. The van der Waals surface area contributed by atoms with Crippen molar-refractivity contribution in [3.8, 4) is 5.75 Å². The Morgan fingerprint density at radius 3 is 2.86 bits per heavy atom. The summed E-state index contributed by atoms with van der Waals surface area (Å²) in [4.78, 5) is 12.8. The molecule has 0 saturated heterocycles. The first-order valence-corrected chi connectivity index (χ1v) is 7.98. The van der Waals surface area contributed by atoms with E-state index in [-0.39, 0.29) is 5.91 Å². The number of hydrogen-bond acceptors (Lipinski definition) is 4. The zero-order chi connectivity index (χ0) is 15.2. The molecular formula is C15H15BrN2O2S. The highest BCUT2D eigenvalue weighted by Gasteiger charge is 2.07. The van der Waals surface area contributed by atoms with E-state index in [1.807, 2.05) is 36.4 Å². The molecule has 0 aromatic heterocycles. The molecule has 0 aliphatic carbocycles. The van der Waals surface area contributed by atoms with Gasteiger partial charge in [-0.2, -0.15) is 0 Å². The Kier molecular flexibility index (Phi) is 5.52. The minimum absolute atomic E-state index is 0.0874. The maximum absolute atomic E-state index is 11.9. The van der Waals surface area contributed by atoms with Crippen LogP contribution in [0.1, 0.15) is 0 Å². The molecule has 0 bridgehead atoms. The van der Waals surface area contributed by atoms with Gasteiger partial charge in [-0.1, -0.05) is 22.0 Å². The number of amides is 1. The number of nitrogens with two attached hydrogens (primary N) is 1. The van der Waals surface area contributed by atoms with Crippen molar-refractivity contribution in [1.29, 1.82) is 0 Å². The zero-order valence-electron chi connectivity index (χ0n) is 11.4. The average Bonchev–Trinajstić information content (AvgIpc) is 2.46. The molecule has 21 heavy (non-hydrogen) atoms. The van der Waals surface area contributed by atoms with Crippen molar-refractivity contribution in [2.24, 2.45) is 0 Å². The van der Waals surface area contributed by atoms with E-state index >= 15 is 0 Å². The summed E-state index contributed by atoms with van der Waals surface area (Å²) < 4.78 is 6.04. The van der Waals surface area contributed by atoms with Crippen molar-refractivity contribution in [3.05, 3.63) is 46.9 Å².